The fraction of sp³-hybridized carbons (Fsp3) is 0.154. The minimum Gasteiger partial charge on any atom is -0.359 e. The molecule has 23 heavy (non-hydrogen) atoms. The average Bonchev–Trinajstić information content (AvgIpc) is 3.14. The van der Waals surface area contributed by atoms with Gasteiger partial charge in [-0.15, -0.1) is 10.2 Å². The molecule has 0 unspecified atom stereocenters. The van der Waals surface area contributed by atoms with Gasteiger partial charge in [0.05, 0.1) is 16.7 Å². The zero-order chi connectivity index (χ0) is 16.6. The van der Waals surface area contributed by atoms with Gasteiger partial charge in [-0.05, 0) is 33.3 Å². The SMILES string of the molecule is Cn1c(=O)n(C)c2cc(NC=C(C#N)c3nn[nH]n3)c(Br)cc21. The number of H-pyrrole nitrogens is 1. The van der Waals surface area contributed by atoms with Gasteiger partial charge in [-0.25, -0.2) is 4.79 Å². The number of nitrogens with zero attached hydrogens (tertiary/aromatic N) is 6. The fourth-order valence-corrected chi connectivity index (χ4v) is 2.65. The molecular formula is C13H11BrN8O. The molecule has 0 fully saturated rings. The first-order valence-corrected chi connectivity index (χ1v) is 7.28. The summed E-state index contributed by atoms with van der Waals surface area (Å²) in [5.74, 6) is 0.198. The van der Waals surface area contributed by atoms with Gasteiger partial charge in [-0.3, -0.25) is 9.13 Å². The van der Waals surface area contributed by atoms with Gasteiger partial charge in [-0.1, -0.05) is 0 Å². The Morgan fingerprint density at radius 2 is 2.09 bits per heavy atom. The second-order valence-electron chi connectivity index (χ2n) is 4.77. The van der Waals surface area contributed by atoms with Gasteiger partial charge in [0.2, 0.25) is 5.82 Å². The van der Waals surface area contributed by atoms with Gasteiger partial charge in [0.15, 0.2) is 0 Å². The smallest absolute Gasteiger partial charge is 0.328 e. The van der Waals surface area contributed by atoms with Crippen LogP contribution in [0.5, 0.6) is 0 Å². The van der Waals surface area contributed by atoms with E-state index in [1.807, 2.05) is 18.2 Å². The number of tetrazole rings is 1. The van der Waals surface area contributed by atoms with E-state index in [1.165, 1.54) is 6.20 Å². The van der Waals surface area contributed by atoms with Gasteiger partial charge in [0.25, 0.3) is 0 Å². The Bertz CT molecular complexity index is 1010. The molecule has 0 radical (unpaired) electrons. The van der Waals surface area contributed by atoms with Crippen molar-refractivity contribution in [1.29, 1.82) is 5.26 Å². The molecule has 0 aliphatic heterocycles. The van der Waals surface area contributed by atoms with Crippen molar-refractivity contribution in [3.05, 3.63) is 39.1 Å². The lowest BCUT2D eigenvalue weighted by Gasteiger charge is -2.06. The summed E-state index contributed by atoms with van der Waals surface area (Å²) in [7, 11) is 3.42. The van der Waals surface area contributed by atoms with Crippen LogP contribution < -0.4 is 11.0 Å². The second kappa shape index (κ2) is 5.69. The van der Waals surface area contributed by atoms with E-state index in [0.29, 0.717) is 5.69 Å². The van der Waals surface area contributed by atoms with E-state index in [1.54, 1.807) is 23.2 Å². The summed E-state index contributed by atoms with van der Waals surface area (Å²) in [5, 5.41) is 25.4. The number of aromatic amines is 1. The Kier molecular flexibility index (Phi) is 3.71. The third-order valence-electron chi connectivity index (χ3n) is 3.44. The number of hydrogen-bond donors (Lipinski definition) is 2. The number of aromatic nitrogens is 6. The first-order chi connectivity index (χ1) is 11.0. The molecule has 0 bridgehead atoms. The molecule has 0 saturated carbocycles. The largest absolute Gasteiger partial charge is 0.359 e. The topological polar surface area (TPSA) is 117 Å². The molecule has 9 nitrogen and oxygen atoms in total. The highest BCUT2D eigenvalue weighted by Gasteiger charge is 2.11. The molecule has 0 saturated heterocycles. The molecule has 2 heterocycles. The Morgan fingerprint density at radius 1 is 1.39 bits per heavy atom. The van der Waals surface area contributed by atoms with Crippen molar-refractivity contribution < 1.29 is 0 Å². The third-order valence-corrected chi connectivity index (χ3v) is 4.10. The molecule has 0 atom stereocenters. The van der Waals surface area contributed by atoms with Crippen molar-refractivity contribution >= 4 is 38.2 Å². The molecule has 0 aliphatic rings. The second-order valence-corrected chi connectivity index (χ2v) is 5.63. The minimum atomic E-state index is -0.107. The number of aryl methyl sites for hydroxylation is 2. The number of rotatable bonds is 3. The predicted octanol–water partition coefficient (Wildman–Crippen LogP) is 1.13. The van der Waals surface area contributed by atoms with Crippen LogP contribution in [0.1, 0.15) is 5.82 Å². The van der Waals surface area contributed by atoms with Gasteiger partial charge < -0.3 is 5.32 Å². The standard InChI is InChI=1S/C13H11BrN8O/c1-21-10-3-8(14)9(4-11(10)22(2)13(21)23)16-6-7(5-15)12-17-19-20-18-12/h3-4,6,16H,1-2H3,(H,17,18,19,20). The monoisotopic (exact) mass is 374 g/mol. The summed E-state index contributed by atoms with van der Waals surface area (Å²) in [5.41, 5.74) is 2.40. The number of anilines is 1. The summed E-state index contributed by atoms with van der Waals surface area (Å²) in [6.45, 7) is 0. The minimum absolute atomic E-state index is 0.107. The number of nitriles is 1. The van der Waals surface area contributed by atoms with Gasteiger partial charge in [0, 0.05) is 24.8 Å². The average molecular weight is 375 g/mol. The molecule has 2 N–H and O–H groups in total. The van der Waals surface area contributed by atoms with Crippen LogP contribution in [0.3, 0.4) is 0 Å². The van der Waals surface area contributed by atoms with Gasteiger partial charge in [0.1, 0.15) is 11.6 Å². The highest BCUT2D eigenvalue weighted by molar-refractivity contribution is 9.10. The van der Waals surface area contributed by atoms with Crippen LogP contribution in [-0.2, 0) is 14.1 Å². The van der Waals surface area contributed by atoms with Crippen LogP contribution in [0.25, 0.3) is 16.6 Å². The maximum absolute atomic E-state index is 12.0. The van der Waals surface area contributed by atoms with Crippen molar-refractivity contribution in [1.82, 2.24) is 29.8 Å². The van der Waals surface area contributed by atoms with E-state index >= 15 is 0 Å². The highest BCUT2D eigenvalue weighted by Crippen LogP contribution is 2.28. The van der Waals surface area contributed by atoms with Crippen molar-refractivity contribution in [2.24, 2.45) is 14.1 Å². The van der Waals surface area contributed by atoms with E-state index in [9.17, 15) is 4.79 Å². The molecule has 10 heteroatoms. The van der Waals surface area contributed by atoms with Crippen LogP contribution in [-0.4, -0.2) is 29.8 Å². The third kappa shape index (κ3) is 2.51. The molecule has 0 spiro atoms. The fourth-order valence-electron chi connectivity index (χ4n) is 2.20. The van der Waals surface area contributed by atoms with E-state index in [0.717, 1.165) is 15.5 Å². The van der Waals surface area contributed by atoms with Crippen LogP contribution in [0.15, 0.2) is 27.6 Å². The van der Waals surface area contributed by atoms with E-state index in [-0.39, 0.29) is 17.1 Å². The number of fused-ring (bicyclic) bond motifs is 1. The number of nitrogens with one attached hydrogen (secondary N) is 2. The maximum Gasteiger partial charge on any atom is 0.328 e. The van der Waals surface area contributed by atoms with Crippen LogP contribution in [0.2, 0.25) is 0 Å². The number of imidazole rings is 1. The summed E-state index contributed by atoms with van der Waals surface area (Å²) in [6, 6.07) is 5.66. The summed E-state index contributed by atoms with van der Waals surface area (Å²) in [4.78, 5) is 12.0. The van der Waals surface area contributed by atoms with E-state index in [2.05, 4.69) is 41.9 Å². The highest BCUT2D eigenvalue weighted by atomic mass is 79.9. The predicted molar refractivity (Wildman–Crippen MR) is 87.3 cm³/mol. The summed E-state index contributed by atoms with van der Waals surface area (Å²) >= 11 is 3.46. The Labute approximate surface area is 138 Å². The maximum atomic E-state index is 12.0. The molecule has 2 aromatic heterocycles. The molecule has 1 aromatic carbocycles. The normalized spacial score (nSPS) is 11.7. The zero-order valence-electron chi connectivity index (χ0n) is 12.2. The Morgan fingerprint density at radius 3 is 2.70 bits per heavy atom. The van der Waals surface area contributed by atoms with Gasteiger partial charge in [-0.2, -0.15) is 10.5 Å². The van der Waals surface area contributed by atoms with Crippen molar-refractivity contribution in [3.8, 4) is 6.07 Å². The molecule has 0 amide bonds. The molecule has 116 valence electrons. The molecule has 3 rings (SSSR count). The van der Waals surface area contributed by atoms with Crippen LogP contribution in [0, 0.1) is 11.3 Å². The first kappa shape index (κ1) is 15.0. The van der Waals surface area contributed by atoms with Crippen molar-refractivity contribution in [2.45, 2.75) is 0 Å². The van der Waals surface area contributed by atoms with E-state index in [4.69, 9.17) is 5.26 Å². The number of benzene rings is 1. The molecule has 0 aliphatic carbocycles. The number of halogens is 1. The quantitative estimate of drug-likeness (QED) is 0.663. The summed E-state index contributed by atoms with van der Waals surface area (Å²) in [6.07, 6.45) is 1.48. The Hall–Kier alpha value is -2.93. The van der Waals surface area contributed by atoms with Crippen LogP contribution >= 0.6 is 15.9 Å². The Balaban J connectivity index is 2.04. The molecule has 3 aromatic rings. The van der Waals surface area contributed by atoms with Crippen molar-refractivity contribution in [2.75, 3.05) is 5.32 Å². The first-order valence-electron chi connectivity index (χ1n) is 6.48. The number of allylic oxidation sites excluding steroid dienone is 1. The number of hydrogen-bond acceptors (Lipinski definition) is 6. The summed E-state index contributed by atoms with van der Waals surface area (Å²) < 4.78 is 3.88. The van der Waals surface area contributed by atoms with Gasteiger partial charge >= 0.3 is 5.69 Å². The lowest BCUT2D eigenvalue weighted by atomic mass is 10.2. The van der Waals surface area contributed by atoms with Crippen LogP contribution in [0.4, 0.5) is 5.69 Å². The molecular weight excluding hydrogens is 364 g/mol. The lowest BCUT2D eigenvalue weighted by molar-refractivity contribution is 0.795. The van der Waals surface area contributed by atoms with E-state index < -0.39 is 0 Å². The van der Waals surface area contributed by atoms with Crippen molar-refractivity contribution in [3.63, 3.8) is 0 Å². The lowest BCUT2D eigenvalue weighted by Crippen LogP contribution is -2.19. The zero-order valence-corrected chi connectivity index (χ0v) is 13.8.